The Balaban J connectivity index is 4.20. The molecule has 0 N–H and O–H groups in total. The first kappa shape index (κ1) is 11.5. The minimum atomic E-state index is -5.34. The van der Waals surface area contributed by atoms with E-state index in [0.717, 1.165) is 0 Å². The molecule has 0 saturated heterocycles. The van der Waals surface area contributed by atoms with Gasteiger partial charge >= 0.3 is 12.4 Å². The van der Waals surface area contributed by atoms with Gasteiger partial charge < -0.3 is 0 Å². The lowest BCUT2D eigenvalue weighted by Crippen LogP contribution is -2.34. The highest BCUT2D eigenvalue weighted by atomic mass is 19.4. The monoisotopic (exact) mass is 200 g/mol. The van der Waals surface area contributed by atoms with Gasteiger partial charge in [-0.1, -0.05) is 0 Å². The molecule has 1 atom stereocenters. The third-order valence-electron chi connectivity index (χ3n) is 0.889. The maximum Gasteiger partial charge on any atom is 0.418 e. The van der Waals surface area contributed by atoms with Gasteiger partial charge in [-0.3, -0.25) is 0 Å². The SMILES string of the molecule is FOC(CC(F)(F)F)C(F)(F)F. The van der Waals surface area contributed by atoms with Crippen molar-refractivity contribution in [3.8, 4) is 0 Å². The van der Waals surface area contributed by atoms with Gasteiger partial charge in [-0.05, 0) is 4.53 Å². The molecule has 1 unspecified atom stereocenters. The predicted molar refractivity (Wildman–Crippen MR) is 22.7 cm³/mol. The van der Waals surface area contributed by atoms with Crippen molar-refractivity contribution in [3.63, 3.8) is 0 Å². The van der Waals surface area contributed by atoms with Gasteiger partial charge in [-0.15, -0.1) is 0 Å². The van der Waals surface area contributed by atoms with Crippen LogP contribution in [0.1, 0.15) is 6.42 Å². The predicted octanol–water partition coefficient (Wildman–Crippen LogP) is 2.77. The summed E-state index contributed by atoms with van der Waals surface area (Å²) in [5, 5.41) is 0. The van der Waals surface area contributed by atoms with Crippen molar-refractivity contribution in [2.75, 3.05) is 0 Å². The van der Waals surface area contributed by atoms with Crippen molar-refractivity contribution in [1.82, 2.24) is 0 Å². The van der Waals surface area contributed by atoms with Crippen LogP contribution in [0.5, 0.6) is 0 Å². The van der Waals surface area contributed by atoms with Crippen molar-refractivity contribution < 1.29 is 35.8 Å². The fourth-order valence-corrected chi connectivity index (χ4v) is 0.408. The Kier molecular flexibility index (Phi) is 3.31. The summed E-state index contributed by atoms with van der Waals surface area (Å²) in [6.45, 7) is 0. The molecule has 0 bridgehead atoms. The Labute approximate surface area is 62.0 Å². The van der Waals surface area contributed by atoms with E-state index >= 15 is 0 Å². The summed E-state index contributed by atoms with van der Waals surface area (Å²) in [4.78, 5) is 2.15. The zero-order valence-electron chi connectivity index (χ0n) is 5.34. The van der Waals surface area contributed by atoms with Crippen LogP contribution in [0, 0.1) is 0 Å². The summed E-state index contributed by atoms with van der Waals surface area (Å²) < 4.78 is 79.0. The van der Waals surface area contributed by atoms with Crippen LogP contribution >= 0.6 is 0 Å². The van der Waals surface area contributed by atoms with Crippen molar-refractivity contribution in [1.29, 1.82) is 0 Å². The standard InChI is InChI=1S/C4H3F7O/c5-3(6,7)1-2(12-11)4(8,9)10/h2H,1H2. The number of hydrogen-bond donors (Lipinski definition) is 0. The highest BCUT2D eigenvalue weighted by molar-refractivity contribution is 4.70. The van der Waals surface area contributed by atoms with Gasteiger partial charge in [0.2, 0.25) is 6.10 Å². The van der Waals surface area contributed by atoms with E-state index in [-0.39, 0.29) is 0 Å². The Morgan fingerprint density at radius 1 is 1.00 bits per heavy atom. The first-order valence-corrected chi connectivity index (χ1v) is 2.57. The second kappa shape index (κ2) is 3.46. The summed E-state index contributed by atoms with van der Waals surface area (Å²) in [6, 6.07) is 0. The lowest BCUT2D eigenvalue weighted by Gasteiger charge is -2.16. The van der Waals surface area contributed by atoms with E-state index in [1.54, 1.807) is 0 Å². The van der Waals surface area contributed by atoms with Crippen LogP contribution < -0.4 is 0 Å². The lowest BCUT2D eigenvalue weighted by molar-refractivity contribution is -0.317. The highest BCUT2D eigenvalue weighted by Crippen LogP contribution is 2.32. The van der Waals surface area contributed by atoms with Gasteiger partial charge in [0.05, 0.1) is 6.42 Å². The number of halogens is 7. The number of alkyl halides is 6. The molecule has 0 heterocycles. The van der Waals surface area contributed by atoms with Gasteiger partial charge in [0, 0.05) is 0 Å². The van der Waals surface area contributed by atoms with E-state index in [1.165, 1.54) is 0 Å². The average molecular weight is 200 g/mol. The topological polar surface area (TPSA) is 9.23 Å². The zero-order valence-corrected chi connectivity index (χ0v) is 5.34. The van der Waals surface area contributed by atoms with Gasteiger partial charge in [-0.2, -0.15) is 31.3 Å². The van der Waals surface area contributed by atoms with Crippen molar-refractivity contribution in [2.45, 2.75) is 24.9 Å². The van der Waals surface area contributed by atoms with Gasteiger partial charge in [0.1, 0.15) is 0 Å². The molecule has 0 aliphatic heterocycles. The normalized spacial score (nSPS) is 16.2. The van der Waals surface area contributed by atoms with E-state index in [1.807, 2.05) is 0 Å². The summed E-state index contributed by atoms with van der Waals surface area (Å²) in [6.07, 6.45) is -16.3. The van der Waals surface area contributed by atoms with Crippen LogP contribution in [0.2, 0.25) is 0 Å². The zero-order chi connectivity index (χ0) is 9.99. The first-order valence-electron chi connectivity index (χ1n) is 2.57. The molecule has 0 saturated carbocycles. The fourth-order valence-electron chi connectivity index (χ4n) is 0.408. The Morgan fingerprint density at radius 2 is 1.42 bits per heavy atom. The van der Waals surface area contributed by atoms with Gasteiger partial charge in [0.25, 0.3) is 0 Å². The molecular weight excluding hydrogens is 197 g/mol. The summed E-state index contributed by atoms with van der Waals surface area (Å²) in [5.41, 5.74) is 0. The Morgan fingerprint density at radius 3 is 1.50 bits per heavy atom. The van der Waals surface area contributed by atoms with Crippen LogP contribution in [0.3, 0.4) is 0 Å². The summed E-state index contributed by atoms with van der Waals surface area (Å²) in [7, 11) is 0. The van der Waals surface area contributed by atoms with E-state index in [4.69, 9.17) is 0 Å². The molecule has 0 aromatic rings. The Hall–Kier alpha value is -0.530. The molecular formula is C4H3F7O. The van der Waals surface area contributed by atoms with Crippen LogP contribution in [0.4, 0.5) is 30.9 Å². The summed E-state index contributed by atoms with van der Waals surface area (Å²) in [5.74, 6) is 0. The lowest BCUT2D eigenvalue weighted by atomic mass is 10.2. The van der Waals surface area contributed by atoms with Crippen molar-refractivity contribution in [3.05, 3.63) is 0 Å². The van der Waals surface area contributed by atoms with Crippen molar-refractivity contribution in [2.24, 2.45) is 0 Å². The largest absolute Gasteiger partial charge is 0.418 e. The maximum absolute atomic E-state index is 11.4. The molecule has 0 aliphatic rings. The van der Waals surface area contributed by atoms with Crippen LogP contribution in [0.25, 0.3) is 0 Å². The number of hydrogen-bond acceptors (Lipinski definition) is 1. The molecule has 0 aliphatic carbocycles. The third-order valence-corrected chi connectivity index (χ3v) is 0.889. The molecule has 0 aromatic carbocycles. The van der Waals surface area contributed by atoms with Gasteiger partial charge in [-0.25, -0.2) is 0 Å². The fraction of sp³-hybridized carbons (Fsp3) is 1.00. The second-order valence-electron chi connectivity index (χ2n) is 1.94. The smallest absolute Gasteiger partial charge is 0.181 e. The molecule has 12 heavy (non-hydrogen) atoms. The van der Waals surface area contributed by atoms with E-state index in [0.29, 0.717) is 0 Å². The van der Waals surface area contributed by atoms with E-state index in [2.05, 4.69) is 4.94 Å². The highest BCUT2D eigenvalue weighted by Gasteiger charge is 2.48. The summed E-state index contributed by atoms with van der Waals surface area (Å²) >= 11 is 0. The minimum Gasteiger partial charge on any atom is -0.181 e. The quantitative estimate of drug-likeness (QED) is 0.622. The molecule has 74 valence electrons. The van der Waals surface area contributed by atoms with Crippen LogP contribution in [-0.4, -0.2) is 18.5 Å². The van der Waals surface area contributed by atoms with Crippen molar-refractivity contribution >= 4 is 0 Å². The molecule has 0 aromatic heterocycles. The van der Waals surface area contributed by atoms with Crippen LogP contribution in [-0.2, 0) is 4.94 Å². The maximum atomic E-state index is 11.4. The average Bonchev–Trinajstić information content (AvgIpc) is 1.78. The van der Waals surface area contributed by atoms with Crippen LogP contribution in [0.15, 0.2) is 0 Å². The molecule has 0 spiro atoms. The molecule has 1 nitrogen and oxygen atoms in total. The van der Waals surface area contributed by atoms with E-state index < -0.39 is 24.9 Å². The molecule has 0 radical (unpaired) electrons. The number of rotatable bonds is 2. The molecule has 0 rings (SSSR count). The minimum absolute atomic E-state index is 2.15. The van der Waals surface area contributed by atoms with E-state index in [9.17, 15) is 30.9 Å². The third kappa shape index (κ3) is 4.37. The first-order chi connectivity index (χ1) is 5.17. The van der Waals surface area contributed by atoms with Gasteiger partial charge in [0.15, 0.2) is 0 Å². The molecule has 0 fully saturated rings. The molecule has 0 amide bonds. The Bertz CT molecular complexity index is 135. The second-order valence-corrected chi connectivity index (χ2v) is 1.94. The molecule has 8 heteroatoms.